The van der Waals surface area contributed by atoms with Gasteiger partial charge in [0.25, 0.3) is 0 Å². The number of carbonyl (C=O) groups excluding carboxylic acids is 1. The van der Waals surface area contributed by atoms with Crippen LogP contribution in [0.5, 0.6) is 0 Å². The summed E-state index contributed by atoms with van der Waals surface area (Å²) in [6.45, 7) is 4.87. The third kappa shape index (κ3) is 32.1. The summed E-state index contributed by atoms with van der Waals surface area (Å²) in [6.07, 6.45) is 29.7. The predicted octanol–water partition coefficient (Wildman–Crippen LogP) is 9.85. The molecule has 0 heterocycles. The van der Waals surface area contributed by atoms with Crippen LogP contribution in [0.25, 0.3) is 0 Å². The molecule has 3 N–H and O–H groups in total. The minimum atomic E-state index is -4.30. The van der Waals surface area contributed by atoms with Gasteiger partial charge in [-0.1, -0.05) is 162 Å². The molecule has 0 spiro atoms. The van der Waals surface area contributed by atoms with Crippen molar-refractivity contribution in [3.05, 3.63) is 0 Å². The normalized spacial score (nSPS) is 14.7. The topological polar surface area (TPSA) is 105 Å². The number of quaternary nitrogens is 1. The number of phosphoric ester groups is 1. The Labute approximate surface area is 285 Å². The Bertz CT molecular complexity index is 733. The van der Waals surface area contributed by atoms with E-state index in [1.54, 1.807) is 0 Å². The maximum absolute atomic E-state index is 12.8. The Balaban J connectivity index is 4.41. The van der Waals surface area contributed by atoms with E-state index in [1.165, 1.54) is 116 Å². The van der Waals surface area contributed by atoms with Crippen LogP contribution in [0.4, 0.5) is 0 Å². The number of likely N-dealkylation sites (N-methyl/N-ethyl adjacent to an activating group) is 1. The van der Waals surface area contributed by atoms with E-state index in [4.69, 9.17) is 9.05 Å². The van der Waals surface area contributed by atoms with Crippen LogP contribution < -0.4 is 5.32 Å². The van der Waals surface area contributed by atoms with Crippen LogP contribution in [0.3, 0.4) is 0 Å². The molecule has 0 aromatic rings. The number of amides is 1. The van der Waals surface area contributed by atoms with Crippen molar-refractivity contribution in [1.82, 2.24) is 5.32 Å². The zero-order valence-electron chi connectivity index (χ0n) is 31.1. The van der Waals surface area contributed by atoms with Gasteiger partial charge in [0.2, 0.25) is 5.91 Å². The lowest BCUT2D eigenvalue weighted by atomic mass is 10.0. The lowest BCUT2D eigenvalue weighted by Crippen LogP contribution is -2.46. The first-order valence-corrected chi connectivity index (χ1v) is 20.9. The summed E-state index contributed by atoms with van der Waals surface area (Å²) in [4.78, 5) is 23.0. The number of hydrogen-bond acceptors (Lipinski definition) is 5. The number of nitrogens with zero attached hydrogens (tertiary/aromatic N) is 1. The molecule has 9 heteroatoms. The molecule has 0 aliphatic heterocycles. The van der Waals surface area contributed by atoms with E-state index >= 15 is 0 Å². The molecule has 8 nitrogen and oxygen atoms in total. The lowest BCUT2D eigenvalue weighted by Gasteiger charge is -2.26. The maximum Gasteiger partial charge on any atom is 0.472 e. The third-order valence-electron chi connectivity index (χ3n) is 8.86. The van der Waals surface area contributed by atoms with Crippen molar-refractivity contribution in [2.24, 2.45) is 0 Å². The zero-order valence-corrected chi connectivity index (χ0v) is 32.0. The fraction of sp³-hybridized carbons (Fsp3) is 0.973. The van der Waals surface area contributed by atoms with Crippen LogP contribution in [0.1, 0.15) is 181 Å². The van der Waals surface area contributed by atoms with Crippen molar-refractivity contribution in [3.8, 4) is 0 Å². The maximum atomic E-state index is 12.8. The largest absolute Gasteiger partial charge is 0.472 e. The van der Waals surface area contributed by atoms with Crippen LogP contribution in [-0.4, -0.2) is 73.4 Å². The van der Waals surface area contributed by atoms with Gasteiger partial charge in [0.05, 0.1) is 39.9 Å². The first kappa shape index (κ1) is 45.5. The molecule has 46 heavy (non-hydrogen) atoms. The fourth-order valence-corrected chi connectivity index (χ4v) is 6.43. The number of rotatable bonds is 35. The fourth-order valence-electron chi connectivity index (χ4n) is 5.69. The highest BCUT2D eigenvalue weighted by atomic mass is 31.2. The van der Waals surface area contributed by atoms with Gasteiger partial charge in [-0.25, -0.2) is 4.57 Å². The summed E-state index contributed by atoms with van der Waals surface area (Å²) in [6, 6.07) is -0.750. The summed E-state index contributed by atoms with van der Waals surface area (Å²) in [7, 11) is 1.62. The van der Waals surface area contributed by atoms with E-state index in [0.29, 0.717) is 23.9 Å². The van der Waals surface area contributed by atoms with Crippen molar-refractivity contribution in [2.75, 3.05) is 40.9 Å². The molecular formula is C37H78N2O6P+. The van der Waals surface area contributed by atoms with Crippen LogP contribution in [0.15, 0.2) is 0 Å². The quantitative estimate of drug-likeness (QED) is 0.0350. The van der Waals surface area contributed by atoms with E-state index in [1.807, 2.05) is 21.1 Å². The van der Waals surface area contributed by atoms with E-state index in [9.17, 15) is 19.4 Å². The molecule has 0 bridgehead atoms. The highest BCUT2D eigenvalue weighted by Crippen LogP contribution is 2.43. The van der Waals surface area contributed by atoms with Gasteiger partial charge in [-0.2, -0.15) is 0 Å². The summed E-state index contributed by atoms with van der Waals surface area (Å²) in [5, 5.41) is 13.8. The number of phosphoric acid groups is 1. The number of carbonyl (C=O) groups is 1. The summed E-state index contributed by atoms with van der Waals surface area (Å²) in [5.41, 5.74) is 0. The van der Waals surface area contributed by atoms with E-state index in [-0.39, 0.29) is 19.1 Å². The summed E-state index contributed by atoms with van der Waals surface area (Å²) < 4.78 is 23.5. The van der Waals surface area contributed by atoms with E-state index in [2.05, 4.69) is 19.2 Å². The molecule has 0 saturated heterocycles. The van der Waals surface area contributed by atoms with E-state index < -0.39 is 20.0 Å². The van der Waals surface area contributed by atoms with Crippen molar-refractivity contribution in [2.45, 2.75) is 193 Å². The van der Waals surface area contributed by atoms with Crippen LogP contribution >= 0.6 is 7.82 Å². The van der Waals surface area contributed by atoms with Crippen molar-refractivity contribution >= 4 is 13.7 Å². The molecule has 1 amide bonds. The standard InChI is InChI=1S/C37H77N2O6P/c1-6-8-10-12-14-16-18-19-20-21-23-25-27-29-31-37(41)38-35(34-45-46(42,43)44-33-32-39(3,4)5)36(40)30-28-26-24-22-17-15-13-11-9-7-2/h35-36,40H,6-34H2,1-5H3,(H-,38,41,42,43)/p+1. The molecule has 0 aromatic heterocycles. The zero-order chi connectivity index (χ0) is 34.4. The van der Waals surface area contributed by atoms with Gasteiger partial charge in [-0.05, 0) is 12.8 Å². The smallest absolute Gasteiger partial charge is 0.391 e. The Hall–Kier alpha value is -0.500. The average molecular weight is 678 g/mol. The second-order valence-corrected chi connectivity index (χ2v) is 16.1. The molecule has 0 aliphatic rings. The Morgan fingerprint density at radius 1 is 0.652 bits per heavy atom. The molecule has 0 radical (unpaired) electrons. The minimum Gasteiger partial charge on any atom is -0.391 e. The van der Waals surface area contributed by atoms with Crippen molar-refractivity contribution in [3.63, 3.8) is 0 Å². The Morgan fingerprint density at radius 2 is 1.04 bits per heavy atom. The summed E-state index contributed by atoms with van der Waals surface area (Å²) in [5.74, 6) is -0.145. The SMILES string of the molecule is CCCCCCCCCCCCCCCCC(=O)NC(COP(=O)(O)OCC[N+](C)(C)C)C(O)CCCCCCCCCCCC. The number of hydrogen-bond donors (Lipinski definition) is 3. The van der Waals surface area contributed by atoms with E-state index in [0.717, 1.165) is 38.5 Å². The first-order valence-electron chi connectivity index (χ1n) is 19.4. The van der Waals surface area contributed by atoms with Gasteiger partial charge in [-0.3, -0.25) is 13.8 Å². The molecule has 0 fully saturated rings. The molecule has 0 saturated carbocycles. The number of nitrogens with one attached hydrogen (secondary N) is 1. The molecular weight excluding hydrogens is 599 g/mol. The van der Waals surface area contributed by atoms with Gasteiger partial charge in [0, 0.05) is 6.42 Å². The summed E-state index contributed by atoms with van der Waals surface area (Å²) >= 11 is 0. The average Bonchev–Trinajstić information content (AvgIpc) is 2.99. The van der Waals surface area contributed by atoms with Gasteiger partial charge in [0.1, 0.15) is 13.2 Å². The van der Waals surface area contributed by atoms with Crippen molar-refractivity contribution < 1.29 is 32.9 Å². The van der Waals surface area contributed by atoms with Crippen LogP contribution in [0.2, 0.25) is 0 Å². The lowest BCUT2D eigenvalue weighted by molar-refractivity contribution is -0.870. The minimum absolute atomic E-state index is 0.0780. The number of aliphatic hydroxyl groups excluding tert-OH is 1. The predicted molar refractivity (Wildman–Crippen MR) is 194 cm³/mol. The highest BCUT2D eigenvalue weighted by Gasteiger charge is 2.28. The molecule has 276 valence electrons. The van der Waals surface area contributed by atoms with Crippen LogP contribution in [-0.2, 0) is 18.4 Å². The van der Waals surface area contributed by atoms with Gasteiger partial charge >= 0.3 is 7.82 Å². The third-order valence-corrected chi connectivity index (χ3v) is 9.84. The van der Waals surface area contributed by atoms with Crippen LogP contribution in [0, 0.1) is 0 Å². The van der Waals surface area contributed by atoms with Crippen molar-refractivity contribution in [1.29, 1.82) is 0 Å². The molecule has 0 rings (SSSR count). The molecule has 3 unspecified atom stereocenters. The Morgan fingerprint density at radius 3 is 1.46 bits per heavy atom. The number of unbranched alkanes of at least 4 members (excludes halogenated alkanes) is 22. The van der Waals surface area contributed by atoms with Gasteiger partial charge in [0.15, 0.2) is 0 Å². The monoisotopic (exact) mass is 678 g/mol. The second kappa shape index (κ2) is 30.6. The van der Waals surface area contributed by atoms with Gasteiger partial charge < -0.3 is 19.8 Å². The second-order valence-electron chi connectivity index (χ2n) is 14.7. The Kier molecular flexibility index (Phi) is 30.2. The first-order chi connectivity index (χ1) is 22.0. The molecule has 0 aromatic carbocycles. The molecule has 3 atom stereocenters. The highest BCUT2D eigenvalue weighted by molar-refractivity contribution is 7.47. The molecule has 0 aliphatic carbocycles. The van der Waals surface area contributed by atoms with Gasteiger partial charge in [-0.15, -0.1) is 0 Å². The number of aliphatic hydroxyl groups is 1.